The topological polar surface area (TPSA) is 30.9 Å². The Balaban J connectivity index is 1.38. The first-order valence-corrected chi connectivity index (χ1v) is 11.6. The molecule has 0 aliphatic carbocycles. The van der Waals surface area contributed by atoms with Crippen molar-refractivity contribution in [3.8, 4) is 17.2 Å². The van der Waals surface area contributed by atoms with Crippen LogP contribution in [0.25, 0.3) is 0 Å². The van der Waals surface area contributed by atoms with Gasteiger partial charge >= 0.3 is 0 Å². The van der Waals surface area contributed by atoms with Crippen molar-refractivity contribution < 1.29 is 14.2 Å². The van der Waals surface area contributed by atoms with E-state index in [0.29, 0.717) is 36.3 Å². The van der Waals surface area contributed by atoms with E-state index in [1.807, 2.05) is 37.3 Å². The normalized spacial score (nSPS) is 12.8. The first-order chi connectivity index (χ1) is 15.6. The maximum absolute atomic E-state index is 5.93. The van der Waals surface area contributed by atoms with Gasteiger partial charge in [-0.1, -0.05) is 48.1 Å². The summed E-state index contributed by atoms with van der Waals surface area (Å²) in [5, 5.41) is 0.682. The van der Waals surface area contributed by atoms with Gasteiger partial charge in [-0.2, -0.15) is 0 Å². The predicted molar refractivity (Wildman–Crippen MR) is 132 cm³/mol. The Hall–Kier alpha value is -2.76. The summed E-state index contributed by atoms with van der Waals surface area (Å²) in [5.41, 5.74) is 3.71. The van der Waals surface area contributed by atoms with Crippen LogP contribution < -0.4 is 14.2 Å². The lowest BCUT2D eigenvalue weighted by Gasteiger charge is -2.31. The Bertz CT molecular complexity index is 1070. The summed E-state index contributed by atoms with van der Waals surface area (Å²) < 4.78 is 17.5. The van der Waals surface area contributed by atoms with Gasteiger partial charge in [-0.3, -0.25) is 0 Å². The summed E-state index contributed by atoms with van der Waals surface area (Å²) in [6, 6.07) is 21.7. The number of fused-ring (bicyclic) bond motifs is 1. The summed E-state index contributed by atoms with van der Waals surface area (Å²) in [4.78, 5) is 3.08. The molecule has 166 valence electrons. The monoisotopic (exact) mass is 467 g/mol. The van der Waals surface area contributed by atoms with E-state index in [1.165, 1.54) is 11.1 Å². The Morgan fingerprint density at radius 2 is 1.66 bits per heavy atom. The summed E-state index contributed by atoms with van der Waals surface area (Å²) in [7, 11) is 0. The van der Waals surface area contributed by atoms with Gasteiger partial charge in [0.05, 0.1) is 6.61 Å². The van der Waals surface area contributed by atoms with Crippen LogP contribution in [0.4, 0.5) is 0 Å². The molecule has 3 aromatic rings. The molecule has 0 N–H and O–H groups in total. The van der Waals surface area contributed by atoms with E-state index in [2.05, 4.69) is 29.2 Å². The predicted octanol–water partition coefficient (Wildman–Crippen LogP) is 5.93. The lowest BCUT2D eigenvalue weighted by molar-refractivity contribution is 0.208. The van der Waals surface area contributed by atoms with Gasteiger partial charge in [-0.15, -0.1) is 0 Å². The summed E-state index contributed by atoms with van der Waals surface area (Å²) in [5.74, 6) is 2.13. The van der Waals surface area contributed by atoms with E-state index < -0.39 is 0 Å². The van der Waals surface area contributed by atoms with E-state index in [9.17, 15) is 0 Å². The summed E-state index contributed by atoms with van der Waals surface area (Å²) in [6.07, 6.45) is 1.00. The Morgan fingerprint density at radius 3 is 2.44 bits per heavy atom. The maximum atomic E-state index is 5.93. The standard InChI is InChI=1S/C26H26ClNO3S/c1-2-29-25-17-20(26(32)28-14-13-19-5-3-4-6-21(19)18-28)7-12-24(25)31-16-15-30-23-10-8-22(27)9-11-23/h3-12,17H,2,13-16,18H2,1H3. The van der Waals surface area contributed by atoms with Gasteiger partial charge in [0.25, 0.3) is 0 Å². The Kier molecular flexibility index (Phi) is 7.51. The Morgan fingerprint density at radius 1 is 0.906 bits per heavy atom. The second kappa shape index (κ2) is 10.7. The van der Waals surface area contributed by atoms with Crippen molar-refractivity contribution in [3.05, 3.63) is 88.4 Å². The van der Waals surface area contributed by atoms with Gasteiger partial charge in [0, 0.05) is 23.7 Å². The highest BCUT2D eigenvalue weighted by Crippen LogP contribution is 2.30. The van der Waals surface area contributed by atoms with E-state index in [-0.39, 0.29) is 0 Å². The number of hydrogen-bond donors (Lipinski definition) is 0. The van der Waals surface area contributed by atoms with Crippen LogP contribution in [-0.4, -0.2) is 36.3 Å². The molecule has 32 heavy (non-hydrogen) atoms. The van der Waals surface area contributed by atoms with Crippen LogP contribution in [0, 0.1) is 0 Å². The molecule has 0 aromatic heterocycles. The van der Waals surface area contributed by atoms with Crippen molar-refractivity contribution in [1.82, 2.24) is 4.90 Å². The number of nitrogens with zero attached hydrogens (tertiary/aromatic N) is 1. The van der Waals surface area contributed by atoms with Crippen molar-refractivity contribution in [3.63, 3.8) is 0 Å². The van der Waals surface area contributed by atoms with Crippen molar-refractivity contribution in [2.75, 3.05) is 26.4 Å². The maximum Gasteiger partial charge on any atom is 0.161 e. The van der Waals surface area contributed by atoms with Gasteiger partial charge in [0.1, 0.15) is 24.0 Å². The average Bonchev–Trinajstić information content (AvgIpc) is 2.83. The highest BCUT2D eigenvalue weighted by atomic mass is 35.5. The SMILES string of the molecule is CCOc1cc(C(=S)N2CCc3ccccc3C2)ccc1OCCOc1ccc(Cl)cc1. The molecule has 1 heterocycles. The van der Waals surface area contributed by atoms with E-state index in [4.69, 9.17) is 38.0 Å². The molecule has 1 aliphatic rings. The van der Waals surface area contributed by atoms with Gasteiger partial charge in [-0.25, -0.2) is 0 Å². The fourth-order valence-corrected chi connectivity index (χ4v) is 4.13. The van der Waals surface area contributed by atoms with Gasteiger partial charge in [0.15, 0.2) is 11.5 Å². The van der Waals surface area contributed by atoms with Crippen molar-refractivity contribution in [2.45, 2.75) is 19.9 Å². The lowest BCUT2D eigenvalue weighted by Crippen LogP contribution is -2.35. The highest BCUT2D eigenvalue weighted by Gasteiger charge is 2.20. The molecule has 0 spiro atoms. The van der Waals surface area contributed by atoms with Crippen LogP contribution in [0.15, 0.2) is 66.7 Å². The number of hydrogen-bond acceptors (Lipinski definition) is 4. The number of ether oxygens (including phenoxy) is 3. The molecule has 0 saturated heterocycles. The number of rotatable bonds is 8. The molecule has 0 unspecified atom stereocenters. The smallest absolute Gasteiger partial charge is 0.161 e. The third-order valence-electron chi connectivity index (χ3n) is 5.33. The molecule has 0 fully saturated rings. The lowest BCUT2D eigenvalue weighted by atomic mass is 9.99. The second-order valence-electron chi connectivity index (χ2n) is 7.49. The Labute approximate surface area is 199 Å². The van der Waals surface area contributed by atoms with Crippen LogP contribution in [0.2, 0.25) is 5.02 Å². The third-order valence-corrected chi connectivity index (χ3v) is 6.08. The van der Waals surface area contributed by atoms with Crippen LogP contribution in [-0.2, 0) is 13.0 Å². The molecule has 0 amide bonds. The zero-order valence-electron chi connectivity index (χ0n) is 18.1. The molecule has 6 heteroatoms. The molecule has 0 radical (unpaired) electrons. The molecule has 1 aliphatic heterocycles. The van der Waals surface area contributed by atoms with Gasteiger partial charge < -0.3 is 19.1 Å². The quantitative estimate of drug-likeness (QED) is 0.302. The average molecular weight is 468 g/mol. The molecule has 4 nitrogen and oxygen atoms in total. The van der Waals surface area contributed by atoms with Crippen LogP contribution >= 0.6 is 23.8 Å². The minimum Gasteiger partial charge on any atom is -0.490 e. The zero-order valence-corrected chi connectivity index (χ0v) is 19.6. The molecule has 0 atom stereocenters. The van der Waals surface area contributed by atoms with E-state index in [0.717, 1.165) is 35.8 Å². The number of benzene rings is 3. The number of thiocarbonyl (C=S) groups is 1. The minimum absolute atomic E-state index is 0.398. The fourth-order valence-electron chi connectivity index (χ4n) is 3.72. The highest BCUT2D eigenvalue weighted by molar-refractivity contribution is 7.80. The molecule has 3 aromatic carbocycles. The fraction of sp³-hybridized carbons (Fsp3) is 0.269. The second-order valence-corrected chi connectivity index (χ2v) is 8.31. The van der Waals surface area contributed by atoms with Crippen LogP contribution in [0.3, 0.4) is 0 Å². The molecular formula is C26H26ClNO3S. The van der Waals surface area contributed by atoms with Crippen LogP contribution in [0.5, 0.6) is 17.2 Å². The molecular weight excluding hydrogens is 442 g/mol. The van der Waals surface area contributed by atoms with Crippen molar-refractivity contribution >= 4 is 28.8 Å². The molecule has 0 saturated carbocycles. The number of halogens is 1. The van der Waals surface area contributed by atoms with Crippen LogP contribution in [0.1, 0.15) is 23.6 Å². The van der Waals surface area contributed by atoms with Gasteiger partial charge in [0.2, 0.25) is 0 Å². The summed E-state index contributed by atoms with van der Waals surface area (Å²) in [6.45, 7) is 5.07. The first-order valence-electron chi connectivity index (χ1n) is 10.8. The van der Waals surface area contributed by atoms with E-state index >= 15 is 0 Å². The third kappa shape index (κ3) is 5.53. The van der Waals surface area contributed by atoms with Gasteiger partial charge in [-0.05, 0) is 66.9 Å². The molecule has 0 bridgehead atoms. The first kappa shape index (κ1) is 22.4. The minimum atomic E-state index is 0.398. The zero-order chi connectivity index (χ0) is 22.3. The molecule has 4 rings (SSSR count). The van der Waals surface area contributed by atoms with Crippen molar-refractivity contribution in [2.24, 2.45) is 0 Å². The van der Waals surface area contributed by atoms with Crippen molar-refractivity contribution in [1.29, 1.82) is 0 Å². The largest absolute Gasteiger partial charge is 0.490 e. The summed E-state index contributed by atoms with van der Waals surface area (Å²) >= 11 is 11.7. The van der Waals surface area contributed by atoms with E-state index in [1.54, 1.807) is 12.1 Å².